The quantitative estimate of drug-likeness (QED) is 0.476. The lowest BCUT2D eigenvalue weighted by atomic mass is 9.85. The standard InChI is InChI=1S/C17H14S/c18-10-14-9-13-5-1-3-11-7-8-12-4-2-6-15(14)17(12)16(11)13/h1-6,9,18H,7-8,10H2. The fourth-order valence-corrected chi connectivity index (χ4v) is 3.55. The number of hydrogen-bond acceptors (Lipinski definition) is 1. The molecule has 0 spiro atoms. The van der Waals surface area contributed by atoms with Gasteiger partial charge in [-0.05, 0) is 57.1 Å². The summed E-state index contributed by atoms with van der Waals surface area (Å²) in [5.41, 5.74) is 4.35. The average Bonchev–Trinajstić information content (AvgIpc) is 2.44. The zero-order chi connectivity index (χ0) is 12.1. The predicted molar refractivity (Wildman–Crippen MR) is 81.6 cm³/mol. The molecule has 0 aliphatic heterocycles. The lowest BCUT2D eigenvalue weighted by Crippen LogP contribution is -2.02. The molecule has 88 valence electrons. The SMILES string of the molecule is SCc1cc2cccc3c2c2c(cccc12)CC3. The van der Waals surface area contributed by atoms with Crippen molar-refractivity contribution in [3.8, 4) is 0 Å². The van der Waals surface area contributed by atoms with Gasteiger partial charge in [0.05, 0.1) is 0 Å². The van der Waals surface area contributed by atoms with Crippen LogP contribution in [0.3, 0.4) is 0 Å². The number of aryl methyl sites for hydroxylation is 2. The highest BCUT2D eigenvalue weighted by Crippen LogP contribution is 2.37. The summed E-state index contributed by atoms with van der Waals surface area (Å²) in [5, 5.41) is 5.71. The molecule has 1 heteroatoms. The molecular weight excluding hydrogens is 236 g/mol. The van der Waals surface area contributed by atoms with E-state index in [0.29, 0.717) is 0 Å². The smallest absolute Gasteiger partial charge is 0.0160 e. The summed E-state index contributed by atoms with van der Waals surface area (Å²) >= 11 is 4.49. The van der Waals surface area contributed by atoms with Gasteiger partial charge in [-0.3, -0.25) is 0 Å². The molecule has 0 heterocycles. The van der Waals surface area contributed by atoms with Crippen molar-refractivity contribution in [1.82, 2.24) is 0 Å². The molecule has 0 saturated carbocycles. The second-order valence-electron chi connectivity index (χ2n) is 5.05. The second-order valence-corrected chi connectivity index (χ2v) is 5.36. The van der Waals surface area contributed by atoms with E-state index in [-0.39, 0.29) is 0 Å². The van der Waals surface area contributed by atoms with Gasteiger partial charge in [-0.25, -0.2) is 0 Å². The van der Waals surface area contributed by atoms with Crippen LogP contribution in [0.25, 0.3) is 21.5 Å². The Balaban J connectivity index is 2.35. The van der Waals surface area contributed by atoms with Crippen LogP contribution in [0, 0.1) is 0 Å². The van der Waals surface area contributed by atoms with E-state index in [9.17, 15) is 0 Å². The third kappa shape index (κ3) is 1.28. The van der Waals surface area contributed by atoms with Gasteiger partial charge in [-0.1, -0.05) is 36.4 Å². The zero-order valence-corrected chi connectivity index (χ0v) is 11.0. The molecule has 18 heavy (non-hydrogen) atoms. The highest BCUT2D eigenvalue weighted by molar-refractivity contribution is 7.79. The molecule has 3 aromatic carbocycles. The van der Waals surface area contributed by atoms with Crippen LogP contribution in [-0.2, 0) is 18.6 Å². The Hall–Kier alpha value is -1.47. The summed E-state index contributed by atoms with van der Waals surface area (Å²) in [5.74, 6) is 0.806. The Morgan fingerprint density at radius 2 is 1.61 bits per heavy atom. The first-order valence-corrected chi connectivity index (χ1v) is 7.07. The highest BCUT2D eigenvalue weighted by Gasteiger charge is 2.16. The number of benzene rings is 3. The summed E-state index contributed by atoms with van der Waals surface area (Å²) in [7, 11) is 0. The first-order valence-electron chi connectivity index (χ1n) is 6.44. The topological polar surface area (TPSA) is 0 Å². The van der Waals surface area contributed by atoms with Crippen LogP contribution in [0.15, 0.2) is 42.5 Å². The first kappa shape index (κ1) is 10.5. The van der Waals surface area contributed by atoms with Crippen molar-refractivity contribution in [2.24, 2.45) is 0 Å². The monoisotopic (exact) mass is 250 g/mol. The summed E-state index contributed by atoms with van der Waals surface area (Å²) in [6, 6.07) is 15.7. The Bertz CT molecular complexity index is 771. The van der Waals surface area contributed by atoms with E-state index in [4.69, 9.17) is 0 Å². The summed E-state index contributed by atoms with van der Waals surface area (Å²) in [4.78, 5) is 0. The maximum absolute atomic E-state index is 4.49. The second kappa shape index (κ2) is 3.76. The van der Waals surface area contributed by atoms with Crippen LogP contribution in [-0.4, -0.2) is 0 Å². The van der Waals surface area contributed by atoms with Gasteiger partial charge in [0.2, 0.25) is 0 Å². The van der Waals surface area contributed by atoms with Crippen molar-refractivity contribution in [3.63, 3.8) is 0 Å². The molecule has 0 bridgehead atoms. The Morgan fingerprint density at radius 1 is 0.889 bits per heavy atom. The molecular formula is C17H14S. The van der Waals surface area contributed by atoms with Crippen molar-refractivity contribution in [1.29, 1.82) is 0 Å². The lowest BCUT2D eigenvalue weighted by molar-refractivity contribution is 0.968. The number of thiol groups is 1. The highest BCUT2D eigenvalue weighted by atomic mass is 32.1. The fraction of sp³-hybridized carbons (Fsp3) is 0.176. The van der Waals surface area contributed by atoms with Gasteiger partial charge < -0.3 is 0 Å². The minimum Gasteiger partial charge on any atom is -0.175 e. The average molecular weight is 250 g/mol. The van der Waals surface area contributed by atoms with Crippen molar-refractivity contribution < 1.29 is 0 Å². The fourth-order valence-electron chi connectivity index (χ4n) is 3.29. The van der Waals surface area contributed by atoms with Crippen molar-refractivity contribution in [2.45, 2.75) is 18.6 Å². The minimum absolute atomic E-state index is 0.806. The van der Waals surface area contributed by atoms with Crippen LogP contribution < -0.4 is 0 Å². The Kier molecular flexibility index (Phi) is 2.18. The van der Waals surface area contributed by atoms with Crippen LogP contribution >= 0.6 is 12.6 Å². The Labute approximate surface area is 112 Å². The van der Waals surface area contributed by atoms with Gasteiger partial charge in [0.25, 0.3) is 0 Å². The predicted octanol–water partition coefficient (Wildman–Crippen LogP) is 4.52. The van der Waals surface area contributed by atoms with Crippen molar-refractivity contribution >= 4 is 34.2 Å². The summed E-state index contributed by atoms with van der Waals surface area (Å²) in [6.45, 7) is 0. The molecule has 0 radical (unpaired) electrons. The third-order valence-electron chi connectivity index (χ3n) is 4.09. The zero-order valence-electron chi connectivity index (χ0n) is 10.1. The first-order chi connectivity index (χ1) is 8.88. The van der Waals surface area contributed by atoms with E-state index in [2.05, 4.69) is 55.1 Å². The molecule has 0 nitrogen and oxygen atoms in total. The molecule has 4 rings (SSSR count). The van der Waals surface area contributed by atoms with Crippen LogP contribution in [0.1, 0.15) is 16.7 Å². The molecule has 1 aliphatic rings. The molecule has 0 fully saturated rings. The largest absolute Gasteiger partial charge is 0.175 e. The lowest BCUT2D eigenvalue weighted by Gasteiger charge is -2.20. The number of rotatable bonds is 1. The molecule has 0 aromatic heterocycles. The van der Waals surface area contributed by atoms with E-state index in [1.807, 2.05) is 0 Å². The van der Waals surface area contributed by atoms with Gasteiger partial charge in [0, 0.05) is 5.75 Å². The van der Waals surface area contributed by atoms with E-state index < -0.39 is 0 Å². The molecule has 0 N–H and O–H groups in total. The number of hydrogen-bond donors (Lipinski definition) is 1. The van der Waals surface area contributed by atoms with Gasteiger partial charge in [-0.15, -0.1) is 0 Å². The van der Waals surface area contributed by atoms with Gasteiger partial charge in [-0.2, -0.15) is 12.6 Å². The van der Waals surface area contributed by atoms with Crippen LogP contribution in [0.4, 0.5) is 0 Å². The van der Waals surface area contributed by atoms with Crippen molar-refractivity contribution in [3.05, 3.63) is 59.2 Å². The van der Waals surface area contributed by atoms with Crippen molar-refractivity contribution in [2.75, 3.05) is 0 Å². The van der Waals surface area contributed by atoms with Crippen LogP contribution in [0.5, 0.6) is 0 Å². The van der Waals surface area contributed by atoms with E-state index >= 15 is 0 Å². The molecule has 0 unspecified atom stereocenters. The normalized spacial score (nSPS) is 13.6. The molecule has 0 saturated heterocycles. The summed E-state index contributed by atoms with van der Waals surface area (Å²) in [6.07, 6.45) is 2.34. The third-order valence-corrected chi connectivity index (χ3v) is 4.43. The van der Waals surface area contributed by atoms with E-state index in [1.54, 1.807) is 0 Å². The van der Waals surface area contributed by atoms with Gasteiger partial charge in [0.15, 0.2) is 0 Å². The van der Waals surface area contributed by atoms with Crippen LogP contribution in [0.2, 0.25) is 0 Å². The van der Waals surface area contributed by atoms with E-state index in [0.717, 1.165) is 5.75 Å². The minimum atomic E-state index is 0.806. The molecule has 0 atom stereocenters. The molecule has 3 aromatic rings. The van der Waals surface area contributed by atoms with Gasteiger partial charge in [0.1, 0.15) is 0 Å². The molecule has 0 amide bonds. The maximum atomic E-state index is 4.49. The molecule has 1 aliphatic carbocycles. The van der Waals surface area contributed by atoms with E-state index in [1.165, 1.54) is 51.1 Å². The summed E-state index contributed by atoms with van der Waals surface area (Å²) < 4.78 is 0. The Morgan fingerprint density at radius 3 is 2.39 bits per heavy atom. The van der Waals surface area contributed by atoms with Gasteiger partial charge >= 0.3 is 0 Å². The maximum Gasteiger partial charge on any atom is 0.0160 e.